The number of likely N-dealkylation sites (tertiary alicyclic amines) is 1. The number of nitrogens with zero attached hydrogens (tertiary/aromatic N) is 2. The van der Waals surface area contributed by atoms with Crippen LogP contribution in [0, 0.1) is 0 Å². The smallest absolute Gasteiger partial charge is 0.304 e. The van der Waals surface area contributed by atoms with Crippen LogP contribution in [-0.4, -0.2) is 59.1 Å². The minimum Gasteiger partial charge on any atom is -0.481 e. The van der Waals surface area contributed by atoms with Gasteiger partial charge in [-0.15, -0.1) is 0 Å². The molecule has 1 aliphatic heterocycles. The highest BCUT2D eigenvalue weighted by Gasteiger charge is 2.25. The molecule has 0 aromatic rings. The van der Waals surface area contributed by atoms with Gasteiger partial charge in [-0.05, 0) is 46.3 Å². The maximum absolute atomic E-state index is 10.7. The predicted octanol–water partition coefficient (Wildman–Crippen LogP) is 1.66. The Morgan fingerprint density at radius 3 is 2.41 bits per heavy atom. The standard InChI is InChI=1S/C13H26N2O2/c1-4-14-8-5-12(6-9-14)15(11(2)3)10-7-13(16)17/h11-12H,4-10H2,1-3H3,(H,16,17). The zero-order valence-corrected chi connectivity index (χ0v) is 11.4. The number of piperidine rings is 1. The molecule has 4 nitrogen and oxygen atoms in total. The van der Waals surface area contributed by atoms with Gasteiger partial charge in [-0.1, -0.05) is 6.92 Å². The number of carbonyl (C=O) groups is 1. The zero-order chi connectivity index (χ0) is 12.8. The van der Waals surface area contributed by atoms with Crippen molar-refractivity contribution in [2.75, 3.05) is 26.2 Å². The molecule has 0 atom stereocenters. The quantitative estimate of drug-likeness (QED) is 0.769. The molecule has 1 N–H and O–H groups in total. The highest BCUT2D eigenvalue weighted by atomic mass is 16.4. The maximum atomic E-state index is 10.7. The summed E-state index contributed by atoms with van der Waals surface area (Å²) in [5, 5.41) is 8.79. The van der Waals surface area contributed by atoms with Crippen molar-refractivity contribution < 1.29 is 9.90 Å². The topological polar surface area (TPSA) is 43.8 Å². The zero-order valence-electron chi connectivity index (χ0n) is 11.4. The van der Waals surface area contributed by atoms with Gasteiger partial charge in [0.2, 0.25) is 0 Å². The molecule has 0 unspecified atom stereocenters. The van der Waals surface area contributed by atoms with E-state index >= 15 is 0 Å². The van der Waals surface area contributed by atoms with Crippen molar-refractivity contribution in [1.29, 1.82) is 0 Å². The fourth-order valence-electron chi connectivity index (χ4n) is 2.65. The van der Waals surface area contributed by atoms with Crippen molar-refractivity contribution in [1.82, 2.24) is 9.80 Å². The lowest BCUT2D eigenvalue weighted by molar-refractivity contribution is -0.137. The van der Waals surface area contributed by atoms with E-state index in [9.17, 15) is 4.79 Å². The molecule has 17 heavy (non-hydrogen) atoms. The highest BCUT2D eigenvalue weighted by molar-refractivity contribution is 5.66. The second kappa shape index (κ2) is 6.97. The van der Waals surface area contributed by atoms with Crippen LogP contribution in [0.1, 0.15) is 40.0 Å². The Morgan fingerprint density at radius 2 is 2.00 bits per heavy atom. The molecule has 1 fully saturated rings. The van der Waals surface area contributed by atoms with Crippen LogP contribution in [0.2, 0.25) is 0 Å². The van der Waals surface area contributed by atoms with Gasteiger partial charge in [0, 0.05) is 18.6 Å². The summed E-state index contributed by atoms with van der Waals surface area (Å²) in [7, 11) is 0. The van der Waals surface area contributed by atoms with Crippen LogP contribution < -0.4 is 0 Å². The molecule has 4 heteroatoms. The Balaban J connectivity index is 2.45. The molecule has 0 bridgehead atoms. The minimum atomic E-state index is -0.693. The van der Waals surface area contributed by atoms with Gasteiger partial charge in [-0.25, -0.2) is 0 Å². The summed E-state index contributed by atoms with van der Waals surface area (Å²) in [5.74, 6) is -0.693. The van der Waals surface area contributed by atoms with Crippen molar-refractivity contribution in [3.63, 3.8) is 0 Å². The molecule has 0 amide bonds. The third-order valence-corrected chi connectivity index (χ3v) is 3.72. The first-order chi connectivity index (χ1) is 8.04. The number of hydrogen-bond donors (Lipinski definition) is 1. The van der Waals surface area contributed by atoms with Crippen molar-refractivity contribution >= 4 is 5.97 Å². The molecule has 0 saturated carbocycles. The van der Waals surface area contributed by atoms with Crippen molar-refractivity contribution in [2.45, 2.75) is 52.1 Å². The summed E-state index contributed by atoms with van der Waals surface area (Å²) in [4.78, 5) is 15.5. The molecular formula is C13H26N2O2. The monoisotopic (exact) mass is 242 g/mol. The van der Waals surface area contributed by atoms with Crippen LogP contribution in [0.4, 0.5) is 0 Å². The number of hydrogen-bond acceptors (Lipinski definition) is 3. The van der Waals surface area contributed by atoms with Crippen LogP contribution in [0.5, 0.6) is 0 Å². The van der Waals surface area contributed by atoms with Gasteiger partial charge < -0.3 is 10.0 Å². The summed E-state index contributed by atoms with van der Waals surface area (Å²) >= 11 is 0. The van der Waals surface area contributed by atoms with Crippen molar-refractivity contribution in [2.24, 2.45) is 0 Å². The van der Waals surface area contributed by atoms with Gasteiger partial charge in [0.1, 0.15) is 0 Å². The molecule has 0 radical (unpaired) electrons. The minimum absolute atomic E-state index is 0.256. The lowest BCUT2D eigenvalue weighted by atomic mass is 10.0. The number of rotatable bonds is 6. The maximum Gasteiger partial charge on any atom is 0.304 e. The first-order valence-corrected chi connectivity index (χ1v) is 6.74. The molecule has 1 rings (SSSR count). The van der Waals surface area contributed by atoms with E-state index in [1.807, 2.05) is 0 Å². The summed E-state index contributed by atoms with van der Waals surface area (Å²) < 4.78 is 0. The molecular weight excluding hydrogens is 216 g/mol. The third kappa shape index (κ3) is 4.64. The van der Waals surface area contributed by atoms with E-state index in [1.54, 1.807) is 0 Å². The Labute approximate surface area is 105 Å². The van der Waals surface area contributed by atoms with Gasteiger partial charge in [-0.2, -0.15) is 0 Å². The molecule has 1 aliphatic rings. The second-order valence-electron chi connectivity index (χ2n) is 5.14. The first-order valence-electron chi connectivity index (χ1n) is 6.74. The summed E-state index contributed by atoms with van der Waals surface area (Å²) in [5.41, 5.74) is 0. The summed E-state index contributed by atoms with van der Waals surface area (Å²) in [6.07, 6.45) is 2.60. The van der Waals surface area contributed by atoms with E-state index < -0.39 is 5.97 Å². The van der Waals surface area contributed by atoms with E-state index in [1.165, 1.54) is 12.8 Å². The van der Waals surface area contributed by atoms with Gasteiger partial charge in [0.15, 0.2) is 0 Å². The van der Waals surface area contributed by atoms with E-state index in [4.69, 9.17) is 5.11 Å². The van der Waals surface area contributed by atoms with Crippen LogP contribution in [0.25, 0.3) is 0 Å². The normalized spacial score (nSPS) is 19.1. The Hall–Kier alpha value is -0.610. The van der Waals surface area contributed by atoms with Crippen LogP contribution in [0.3, 0.4) is 0 Å². The molecule has 0 aromatic carbocycles. The Bertz CT molecular complexity index is 236. The Kier molecular flexibility index (Phi) is 5.92. The second-order valence-corrected chi connectivity index (χ2v) is 5.14. The number of carboxylic acids is 1. The summed E-state index contributed by atoms with van der Waals surface area (Å²) in [6, 6.07) is 1.00. The van der Waals surface area contributed by atoms with Gasteiger partial charge in [-0.3, -0.25) is 9.69 Å². The Morgan fingerprint density at radius 1 is 1.41 bits per heavy atom. The van der Waals surface area contributed by atoms with Crippen LogP contribution in [-0.2, 0) is 4.79 Å². The van der Waals surface area contributed by atoms with E-state index in [0.29, 0.717) is 18.6 Å². The van der Waals surface area contributed by atoms with Crippen molar-refractivity contribution in [3.05, 3.63) is 0 Å². The fourth-order valence-corrected chi connectivity index (χ4v) is 2.65. The summed E-state index contributed by atoms with van der Waals surface area (Å²) in [6.45, 7) is 10.6. The van der Waals surface area contributed by atoms with Gasteiger partial charge >= 0.3 is 5.97 Å². The largest absolute Gasteiger partial charge is 0.481 e. The van der Waals surface area contributed by atoms with Crippen LogP contribution >= 0.6 is 0 Å². The fraction of sp³-hybridized carbons (Fsp3) is 0.923. The highest BCUT2D eigenvalue weighted by Crippen LogP contribution is 2.19. The van der Waals surface area contributed by atoms with E-state index in [0.717, 1.165) is 19.6 Å². The lowest BCUT2D eigenvalue weighted by Crippen LogP contribution is -2.48. The van der Waals surface area contributed by atoms with E-state index in [-0.39, 0.29) is 6.42 Å². The molecule has 1 heterocycles. The molecule has 0 aliphatic carbocycles. The van der Waals surface area contributed by atoms with Gasteiger partial charge in [0.05, 0.1) is 6.42 Å². The predicted molar refractivity (Wildman–Crippen MR) is 69.2 cm³/mol. The first kappa shape index (κ1) is 14.5. The molecule has 100 valence electrons. The number of carboxylic acid groups (broad SMARTS) is 1. The average molecular weight is 242 g/mol. The van der Waals surface area contributed by atoms with Crippen molar-refractivity contribution in [3.8, 4) is 0 Å². The van der Waals surface area contributed by atoms with E-state index in [2.05, 4.69) is 30.6 Å². The number of aliphatic carboxylic acids is 1. The third-order valence-electron chi connectivity index (χ3n) is 3.72. The SMILES string of the molecule is CCN1CCC(N(CCC(=O)O)C(C)C)CC1. The lowest BCUT2D eigenvalue weighted by Gasteiger charge is -2.40. The van der Waals surface area contributed by atoms with Crippen LogP contribution in [0.15, 0.2) is 0 Å². The molecule has 0 aromatic heterocycles. The molecule has 0 spiro atoms. The van der Waals surface area contributed by atoms with Gasteiger partial charge in [0.25, 0.3) is 0 Å². The molecule has 1 saturated heterocycles. The average Bonchev–Trinajstić information content (AvgIpc) is 2.29.